The summed E-state index contributed by atoms with van der Waals surface area (Å²) in [5, 5.41) is 11.2. The van der Waals surface area contributed by atoms with E-state index in [9.17, 15) is 19.7 Å². The monoisotopic (exact) mass is 403 g/mol. The van der Waals surface area contributed by atoms with Crippen molar-refractivity contribution in [2.24, 2.45) is 5.92 Å². The lowest BCUT2D eigenvalue weighted by molar-refractivity contribution is -0.384. The van der Waals surface area contributed by atoms with Crippen molar-refractivity contribution in [3.8, 4) is 0 Å². The van der Waals surface area contributed by atoms with Gasteiger partial charge in [0.05, 0.1) is 10.8 Å². The van der Waals surface area contributed by atoms with Gasteiger partial charge in [-0.05, 0) is 38.7 Å². The highest BCUT2D eigenvalue weighted by Gasteiger charge is 2.32. The highest BCUT2D eigenvalue weighted by molar-refractivity contribution is 5.84. The van der Waals surface area contributed by atoms with Crippen molar-refractivity contribution in [1.29, 1.82) is 0 Å². The van der Waals surface area contributed by atoms with Gasteiger partial charge in [-0.2, -0.15) is 0 Å². The molecule has 0 radical (unpaired) electrons. The van der Waals surface area contributed by atoms with Gasteiger partial charge in [0.15, 0.2) is 6.10 Å². The summed E-state index contributed by atoms with van der Waals surface area (Å²) in [6.07, 6.45) is 4.60. The number of ether oxygens (including phenoxy) is 1. The number of para-hydroxylation sites is 2. The molecule has 158 valence electrons. The third-order valence-electron chi connectivity index (χ3n) is 5.81. The molecule has 1 amide bonds. The lowest BCUT2D eigenvalue weighted by Gasteiger charge is -2.33. The van der Waals surface area contributed by atoms with Gasteiger partial charge in [-0.15, -0.1) is 0 Å². The molecule has 0 bridgehead atoms. The van der Waals surface area contributed by atoms with Gasteiger partial charge in [-0.1, -0.05) is 25.0 Å². The first-order valence-electron chi connectivity index (χ1n) is 10.4. The molecule has 0 N–H and O–H groups in total. The largest absolute Gasteiger partial charge is 0.452 e. The number of esters is 1. The van der Waals surface area contributed by atoms with Crippen LogP contribution >= 0.6 is 0 Å². The number of hydrogen-bond acceptors (Lipinski definition) is 6. The Morgan fingerprint density at radius 1 is 1.07 bits per heavy atom. The molecule has 0 spiro atoms. The predicted molar refractivity (Wildman–Crippen MR) is 109 cm³/mol. The number of nitrogens with zero attached hydrogens (tertiary/aromatic N) is 3. The van der Waals surface area contributed by atoms with E-state index in [1.807, 2.05) is 9.80 Å². The second kappa shape index (κ2) is 9.71. The molecule has 2 heterocycles. The second-order valence-electron chi connectivity index (χ2n) is 7.83. The van der Waals surface area contributed by atoms with Gasteiger partial charge in [-0.25, -0.2) is 0 Å². The average molecular weight is 403 g/mol. The molecule has 0 saturated carbocycles. The van der Waals surface area contributed by atoms with Crippen LogP contribution in [0.5, 0.6) is 0 Å². The van der Waals surface area contributed by atoms with Gasteiger partial charge >= 0.3 is 5.97 Å². The van der Waals surface area contributed by atoms with Crippen LogP contribution in [0, 0.1) is 16.0 Å². The molecule has 0 aromatic heterocycles. The smallest absolute Gasteiger partial charge is 0.309 e. The summed E-state index contributed by atoms with van der Waals surface area (Å²) in [7, 11) is 0. The SMILES string of the molecule is C[C@@H](OC(=O)C1CCN(c2ccccc2[N+](=O)[O-])CC1)C(=O)N1CCCCCC1. The third-order valence-corrected chi connectivity index (χ3v) is 5.81. The van der Waals surface area contributed by atoms with Crippen LogP contribution in [0.1, 0.15) is 45.4 Å². The summed E-state index contributed by atoms with van der Waals surface area (Å²) in [6, 6.07) is 6.65. The number of anilines is 1. The van der Waals surface area contributed by atoms with Crippen LogP contribution in [0.2, 0.25) is 0 Å². The Kier molecular flexibility index (Phi) is 7.06. The van der Waals surface area contributed by atoms with Gasteiger partial charge in [0.2, 0.25) is 0 Å². The number of nitro benzene ring substituents is 1. The first kappa shape index (κ1) is 21.1. The van der Waals surface area contributed by atoms with E-state index in [0.717, 1.165) is 38.8 Å². The van der Waals surface area contributed by atoms with Gasteiger partial charge < -0.3 is 14.5 Å². The fourth-order valence-corrected chi connectivity index (χ4v) is 4.11. The summed E-state index contributed by atoms with van der Waals surface area (Å²) >= 11 is 0. The molecule has 3 rings (SSSR count). The minimum absolute atomic E-state index is 0.0743. The Hall–Kier alpha value is -2.64. The molecule has 0 unspecified atom stereocenters. The maximum atomic E-state index is 12.6. The normalized spacial score (nSPS) is 19.3. The predicted octanol–water partition coefficient (Wildman–Crippen LogP) is 3.15. The zero-order valence-electron chi connectivity index (χ0n) is 16.9. The number of rotatable bonds is 5. The van der Waals surface area contributed by atoms with Crippen molar-refractivity contribution < 1.29 is 19.2 Å². The van der Waals surface area contributed by atoms with Crippen LogP contribution in [0.15, 0.2) is 24.3 Å². The average Bonchev–Trinajstić information content (AvgIpc) is 3.02. The topological polar surface area (TPSA) is 93.0 Å². The molecule has 1 aromatic carbocycles. The first-order chi connectivity index (χ1) is 14.0. The number of likely N-dealkylation sites (tertiary alicyclic amines) is 1. The number of piperidine rings is 1. The van der Waals surface area contributed by atoms with Crippen LogP contribution in [-0.2, 0) is 14.3 Å². The Labute approximate surface area is 171 Å². The van der Waals surface area contributed by atoms with E-state index in [0.29, 0.717) is 31.6 Å². The Morgan fingerprint density at radius 2 is 1.69 bits per heavy atom. The minimum Gasteiger partial charge on any atom is -0.452 e. The third kappa shape index (κ3) is 5.25. The van der Waals surface area contributed by atoms with Gasteiger partial charge in [0, 0.05) is 32.2 Å². The van der Waals surface area contributed by atoms with Crippen LogP contribution in [0.4, 0.5) is 11.4 Å². The van der Waals surface area contributed by atoms with Crippen molar-refractivity contribution in [2.75, 3.05) is 31.1 Å². The Bertz CT molecular complexity index is 738. The number of carbonyl (C=O) groups excluding carboxylic acids is 2. The second-order valence-corrected chi connectivity index (χ2v) is 7.83. The Morgan fingerprint density at radius 3 is 2.31 bits per heavy atom. The van der Waals surface area contributed by atoms with E-state index >= 15 is 0 Å². The molecule has 2 aliphatic rings. The van der Waals surface area contributed by atoms with Gasteiger partial charge in [0.25, 0.3) is 11.6 Å². The molecule has 1 aromatic rings. The highest BCUT2D eigenvalue weighted by Crippen LogP contribution is 2.31. The summed E-state index contributed by atoms with van der Waals surface area (Å²) in [5.41, 5.74) is 0.652. The molecular weight excluding hydrogens is 374 g/mol. The standard InChI is InChI=1S/C21H29N3O5/c1-16(20(25)23-12-6-2-3-7-13-23)29-21(26)17-10-14-22(15-11-17)18-8-4-5-9-19(18)24(27)28/h4-5,8-9,16-17H,2-3,6-7,10-15H2,1H3/t16-/m1/s1. The quantitative estimate of drug-likeness (QED) is 0.426. The number of carbonyl (C=O) groups is 2. The zero-order chi connectivity index (χ0) is 20.8. The van der Waals surface area contributed by atoms with Crippen LogP contribution in [-0.4, -0.2) is 54.0 Å². The maximum Gasteiger partial charge on any atom is 0.309 e. The Balaban J connectivity index is 1.52. The fourth-order valence-electron chi connectivity index (χ4n) is 4.11. The zero-order valence-corrected chi connectivity index (χ0v) is 16.9. The number of amides is 1. The first-order valence-corrected chi connectivity index (χ1v) is 10.4. The fraction of sp³-hybridized carbons (Fsp3) is 0.619. The van der Waals surface area contributed by atoms with Crippen LogP contribution < -0.4 is 4.90 Å². The lowest BCUT2D eigenvalue weighted by Crippen LogP contribution is -2.42. The molecule has 29 heavy (non-hydrogen) atoms. The van der Waals surface area contributed by atoms with Crippen LogP contribution in [0.3, 0.4) is 0 Å². The summed E-state index contributed by atoms with van der Waals surface area (Å²) in [4.78, 5) is 39.8. The molecule has 1 atom stereocenters. The molecular formula is C21H29N3O5. The van der Waals surface area contributed by atoms with Crippen LogP contribution in [0.25, 0.3) is 0 Å². The van der Waals surface area contributed by atoms with E-state index in [1.165, 1.54) is 6.07 Å². The van der Waals surface area contributed by atoms with E-state index in [4.69, 9.17) is 4.74 Å². The lowest BCUT2D eigenvalue weighted by atomic mass is 9.96. The molecule has 2 fully saturated rings. The van der Waals surface area contributed by atoms with Crippen molar-refractivity contribution >= 4 is 23.3 Å². The molecule has 2 saturated heterocycles. The molecule has 2 aliphatic heterocycles. The van der Waals surface area contributed by atoms with Crippen molar-refractivity contribution in [3.05, 3.63) is 34.4 Å². The number of nitro groups is 1. The summed E-state index contributed by atoms with van der Waals surface area (Å²) < 4.78 is 5.49. The number of benzene rings is 1. The molecule has 8 nitrogen and oxygen atoms in total. The van der Waals surface area contributed by atoms with Crippen molar-refractivity contribution in [3.63, 3.8) is 0 Å². The number of hydrogen-bond donors (Lipinski definition) is 0. The van der Waals surface area contributed by atoms with Gasteiger partial charge in [-0.3, -0.25) is 19.7 Å². The minimum atomic E-state index is -0.770. The van der Waals surface area contributed by atoms with E-state index < -0.39 is 6.10 Å². The van der Waals surface area contributed by atoms with Crippen molar-refractivity contribution in [1.82, 2.24) is 4.90 Å². The van der Waals surface area contributed by atoms with Gasteiger partial charge in [0.1, 0.15) is 5.69 Å². The maximum absolute atomic E-state index is 12.6. The van der Waals surface area contributed by atoms with E-state index in [1.54, 1.807) is 25.1 Å². The molecule has 8 heteroatoms. The van der Waals surface area contributed by atoms with E-state index in [2.05, 4.69) is 0 Å². The summed E-state index contributed by atoms with van der Waals surface area (Å²) in [5.74, 6) is -0.742. The van der Waals surface area contributed by atoms with E-state index in [-0.39, 0.29) is 28.4 Å². The van der Waals surface area contributed by atoms with Crippen molar-refractivity contribution in [2.45, 2.75) is 51.6 Å². The highest BCUT2D eigenvalue weighted by atomic mass is 16.6. The molecule has 0 aliphatic carbocycles. The summed E-state index contributed by atoms with van der Waals surface area (Å²) in [6.45, 7) is 4.19.